The zero-order valence-electron chi connectivity index (χ0n) is 18.6. The fourth-order valence-electron chi connectivity index (χ4n) is 4.43. The number of nitrogens with zero attached hydrogens (tertiary/aromatic N) is 6. The lowest BCUT2D eigenvalue weighted by molar-refractivity contribution is -0.125. The highest BCUT2D eigenvalue weighted by atomic mass is 32.1. The fraction of sp³-hybridized carbons (Fsp3) is 0.500. The van der Waals surface area contributed by atoms with Crippen molar-refractivity contribution in [2.45, 2.75) is 25.5 Å². The molecule has 33 heavy (non-hydrogen) atoms. The van der Waals surface area contributed by atoms with E-state index in [1.165, 1.54) is 4.88 Å². The predicted molar refractivity (Wildman–Crippen MR) is 127 cm³/mol. The Bertz CT molecular complexity index is 1110. The van der Waals surface area contributed by atoms with Gasteiger partial charge in [0.15, 0.2) is 0 Å². The van der Waals surface area contributed by atoms with Gasteiger partial charge >= 0.3 is 0 Å². The number of nitrogens with two attached hydrogens (primary N) is 1. The lowest BCUT2D eigenvalue weighted by Crippen LogP contribution is -2.39. The molecule has 10 nitrogen and oxygen atoms in total. The molecule has 11 heteroatoms. The number of amides is 1. The summed E-state index contributed by atoms with van der Waals surface area (Å²) in [5.41, 5.74) is 7.47. The van der Waals surface area contributed by atoms with E-state index in [1.807, 2.05) is 6.20 Å². The molecule has 1 amide bonds. The third-order valence-corrected chi connectivity index (χ3v) is 7.35. The Morgan fingerprint density at radius 1 is 1.21 bits per heavy atom. The van der Waals surface area contributed by atoms with Crippen molar-refractivity contribution in [1.29, 1.82) is 0 Å². The van der Waals surface area contributed by atoms with Crippen molar-refractivity contribution in [3.05, 3.63) is 35.1 Å². The standard InChI is InChI=1S/C22H28N8O2S/c1-24-20(31)14-2-4-29(5-3-14)12-16-8-17-19(33-16)11-27-22(28-17)30-6-7-32-18(13-30)15-9-25-21(23)26-10-15/h8-11,14,18H,2-7,12-13H2,1H3,(H,24,31)(H2,23,25,26). The highest BCUT2D eigenvalue weighted by Gasteiger charge is 2.26. The SMILES string of the molecule is CNC(=O)C1CCN(Cc2cc3nc(N4CCOC(c5cnc(N)nc5)C4)ncc3s2)CC1. The van der Waals surface area contributed by atoms with Gasteiger partial charge in [-0.2, -0.15) is 0 Å². The molecule has 2 aliphatic rings. The van der Waals surface area contributed by atoms with Crippen LogP contribution in [0.5, 0.6) is 0 Å². The van der Waals surface area contributed by atoms with Gasteiger partial charge in [-0.05, 0) is 32.0 Å². The molecule has 5 rings (SSSR count). The van der Waals surface area contributed by atoms with Crippen molar-refractivity contribution >= 4 is 39.4 Å². The molecular formula is C22H28N8O2S. The Balaban J connectivity index is 1.25. The largest absolute Gasteiger partial charge is 0.370 e. The van der Waals surface area contributed by atoms with Crippen LogP contribution < -0.4 is 16.0 Å². The number of piperidine rings is 1. The molecule has 3 N–H and O–H groups in total. The van der Waals surface area contributed by atoms with Gasteiger partial charge < -0.3 is 20.7 Å². The molecule has 5 heterocycles. The van der Waals surface area contributed by atoms with E-state index < -0.39 is 0 Å². The summed E-state index contributed by atoms with van der Waals surface area (Å²) in [4.78, 5) is 35.3. The molecule has 0 bridgehead atoms. The van der Waals surface area contributed by atoms with Gasteiger partial charge in [0.25, 0.3) is 0 Å². The normalized spacial score (nSPS) is 20.3. The number of likely N-dealkylation sites (tertiary alicyclic amines) is 1. The first-order valence-electron chi connectivity index (χ1n) is 11.2. The zero-order chi connectivity index (χ0) is 22.8. The van der Waals surface area contributed by atoms with E-state index >= 15 is 0 Å². The molecule has 2 saturated heterocycles. The number of nitrogen functional groups attached to an aromatic ring is 1. The second kappa shape index (κ2) is 9.54. The predicted octanol–water partition coefficient (Wildman–Crippen LogP) is 1.60. The molecule has 1 unspecified atom stereocenters. The third-order valence-electron chi connectivity index (χ3n) is 6.31. The van der Waals surface area contributed by atoms with Crippen LogP contribution in [-0.4, -0.2) is 70.6 Å². The van der Waals surface area contributed by atoms with E-state index in [0.717, 1.165) is 54.8 Å². The summed E-state index contributed by atoms with van der Waals surface area (Å²) in [5, 5.41) is 2.77. The second-order valence-corrected chi connectivity index (χ2v) is 9.65. The number of morpholine rings is 1. The lowest BCUT2D eigenvalue weighted by atomic mass is 9.96. The summed E-state index contributed by atoms with van der Waals surface area (Å²) < 4.78 is 7.00. The molecule has 0 saturated carbocycles. The van der Waals surface area contributed by atoms with Crippen LogP contribution in [0.1, 0.15) is 29.4 Å². The Morgan fingerprint density at radius 3 is 2.76 bits per heavy atom. The van der Waals surface area contributed by atoms with E-state index in [2.05, 4.69) is 36.1 Å². The summed E-state index contributed by atoms with van der Waals surface area (Å²) in [5.74, 6) is 1.26. The first-order chi connectivity index (χ1) is 16.1. The van der Waals surface area contributed by atoms with E-state index in [9.17, 15) is 4.79 Å². The number of carbonyl (C=O) groups is 1. The fourth-order valence-corrected chi connectivity index (χ4v) is 5.45. The summed E-state index contributed by atoms with van der Waals surface area (Å²) in [6.45, 7) is 4.71. The summed E-state index contributed by atoms with van der Waals surface area (Å²) in [6, 6.07) is 2.17. The number of ether oxygens (including phenoxy) is 1. The van der Waals surface area contributed by atoms with Crippen LogP contribution >= 0.6 is 11.3 Å². The average molecular weight is 469 g/mol. The average Bonchev–Trinajstić information content (AvgIpc) is 3.26. The van der Waals surface area contributed by atoms with Gasteiger partial charge in [-0.25, -0.2) is 19.9 Å². The van der Waals surface area contributed by atoms with E-state index in [4.69, 9.17) is 15.5 Å². The number of carbonyl (C=O) groups excluding carboxylic acids is 1. The molecule has 0 spiro atoms. The summed E-state index contributed by atoms with van der Waals surface area (Å²) in [7, 11) is 1.71. The molecule has 3 aromatic rings. The van der Waals surface area contributed by atoms with Crippen LogP contribution in [0.4, 0.5) is 11.9 Å². The van der Waals surface area contributed by atoms with Gasteiger partial charge in [-0.3, -0.25) is 9.69 Å². The molecule has 2 aliphatic heterocycles. The molecule has 0 aliphatic carbocycles. The molecule has 0 aromatic carbocycles. The van der Waals surface area contributed by atoms with Crippen molar-refractivity contribution in [2.75, 3.05) is 50.5 Å². The molecule has 0 radical (unpaired) electrons. The van der Waals surface area contributed by atoms with Crippen LogP contribution in [0.15, 0.2) is 24.7 Å². The molecular weight excluding hydrogens is 440 g/mol. The van der Waals surface area contributed by atoms with Crippen molar-refractivity contribution in [3.63, 3.8) is 0 Å². The topological polar surface area (TPSA) is 122 Å². The zero-order valence-corrected chi connectivity index (χ0v) is 19.4. The number of hydrogen-bond donors (Lipinski definition) is 2. The maximum Gasteiger partial charge on any atom is 0.226 e. The Kier molecular flexibility index (Phi) is 6.34. The first-order valence-corrected chi connectivity index (χ1v) is 12.0. The van der Waals surface area contributed by atoms with Crippen LogP contribution in [0.2, 0.25) is 0 Å². The van der Waals surface area contributed by atoms with E-state index in [0.29, 0.717) is 19.1 Å². The Morgan fingerprint density at radius 2 is 2.00 bits per heavy atom. The molecule has 2 fully saturated rings. The number of aromatic nitrogens is 4. The number of hydrogen-bond acceptors (Lipinski definition) is 10. The van der Waals surface area contributed by atoms with Crippen molar-refractivity contribution in [1.82, 2.24) is 30.2 Å². The smallest absolute Gasteiger partial charge is 0.226 e. The number of fused-ring (bicyclic) bond motifs is 1. The highest BCUT2D eigenvalue weighted by molar-refractivity contribution is 7.18. The van der Waals surface area contributed by atoms with Crippen molar-refractivity contribution < 1.29 is 9.53 Å². The van der Waals surface area contributed by atoms with Gasteiger partial charge in [-0.15, -0.1) is 11.3 Å². The Labute approximate surface area is 196 Å². The first kappa shape index (κ1) is 21.9. The van der Waals surface area contributed by atoms with Gasteiger partial charge in [0.1, 0.15) is 6.10 Å². The molecule has 3 aromatic heterocycles. The van der Waals surface area contributed by atoms with Crippen molar-refractivity contribution in [2.24, 2.45) is 5.92 Å². The number of thiophene rings is 1. The molecule has 1 atom stereocenters. The van der Waals surface area contributed by atoms with Gasteiger partial charge in [-0.1, -0.05) is 0 Å². The monoisotopic (exact) mass is 468 g/mol. The highest BCUT2D eigenvalue weighted by Crippen LogP contribution is 2.29. The van der Waals surface area contributed by atoms with Crippen LogP contribution in [0.3, 0.4) is 0 Å². The number of anilines is 2. The minimum atomic E-state index is -0.144. The second-order valence-electron chi connectivity index (χ2n) is 8.48. The van der Waals surface area contributed by atoms with Crippen LogP contribution in [0, 0.1) is 5.92 Å². The quantitative estimate of drug-likeness (QED) is 0.575. The number of rotatable bonds is 5. The molecule has 174 valence electrons. The van der Waals surface area contributed by atoms with Crippen LogP contribution in [-0.2, 0) is 16.1 Å². The van der Waals surface area contributed by atoms with E-state index in [-0.39, 0.29) is 23.9 Å². The van der Waals surface area contributed by atoms with Gasteiger partial charge in [0, 0.05) is 48.9 Å². The van der Waals surface area contributed by atoms with E-state index in [1.54, 1.807) is 30.8 Å². The Hall–Kier alpha value is -2.89. The maximum atomic E-state index is 11.9. The minimum absolute atomic E-state index is 0.138. The maximum absolute atomic E-state index is 11.9. The van der Waals surface area contributed by atoms with Gasteiger partial charge in [0.2, 0.25) is 17.8 Å². The van der Waals surface area contributed by atoms with Crippen LogP contribution in [0.25, 0.3) is 10.2 Å². The summed E-state index contributed by atoms with van der Waals surface area (Å²) in [6.07, 6.45) is 7.01. The number of nitrogens with one attached hydrogen (secondary N) is 1. The third kappa shape index (κ3) is 4.90. The lowest BCUT2D eigenvalue weighted by Gasteiger charge is -2.32. The van der Waals surface area contributed by atoms with Gasteiger partial charge in [0.05, 0.1) is 29.6 Å². The summed E-state index contributed by atoms with van der Waals surface area (Å²) >= 11 is 1.74. The van der Waals surface area contributed by atoms with Crippen molar-refractivity contribution in [3.8, 4) is 0 Å². The minimum Gasteiger partial charge on any atom is -0.370 e.